The van der Waals surface area contributed by atoms with E-state index < -0.39 is 0 Å². The quantitative estimate of drug-likeness (QED) is 0.752. The normalized spacial score (nSPS) is 11.1. The number of H-pyrrole nitrogens is 1. The van der Waals surface area contributed by atoms with Crippen molar-refractivity contribution in [1.29, 1.82) is 0 Å². The minimum absolute atomic E-state index is 0.962. The van der Waals surface area contributed by atoms with Gasteiger partial charge in [0.05, 0.1) is 0 Å². The molecule has 0 spiro atoms. The van der Waals surface area contributed by atoms with Crippen molar-refractivity contribution >= 4 is 22.7 Å². The van der Waals surface area contributed by atoms with Crippen molar-refractivity contribution in [3.05, 3.63) is 36.0 Å². The summed E-state index contributed by atoms with van der Waals surface area (Å²) in [4.78, 5) is 3.24. The van der Waals surface area contributed by atoms with Gasteiger partial charge in [0.1, 0.15) is 0 Å². The maximum atomic E-state index is 3.47. The van der Waals surface area contributed by atoms with E-state index in [9.17, 15) is 0 Å². The molecule has 1 aromatic heterocycles. The lowest BCUT2D eigenvalue weighted by Crippen LogP contribution is -2.15. The molecule has 2 N–H and O–H groups in total. The molecule has 0 bridgehead atoms. The molecule has 2 rings (SSSR count). The van der Waals surface area contributed by atoms with Crippen LogP contribution in [0.15, 0.2) is 30.5 Å². The van der Waals surface area contributed by atoms with E-state index in [0.29, 0.717) is 0 Å². The minimum Gasteiger partial charge on any atom is -0.361 e. The zero-order chi connectivity index (χ0) is 11.2. The van der Waals surface area contributed by atoms with Crippen molar-refractivity contribution in [2.24, 2.45) is 0 Å². The third-order valence-electron chi connectivity index (χ3n) is 2.65. The van der Waals surface area contributed by atoms with Crippen LogP contribution < -0.4 is 5.32 Å². The zero-order valence-corrected chi connectivity index (χ0v) is 10.4. The molecule has 3 heteroatoms. The summed E-state index contributed by atoms with van der Waals surface area (Å²) >= 11 is 1.91. The van der Waals surface area contributed by atoms with Gasteiger partial charge >= 0.3 is 0 Å². The molecule has 1 aromatic carbocycles. The number of nitrogens with one attached hydrogen (secondary N) is 2. The summed E-state index contributed by atoms with van der Waals surface area (Å²) < 4.78 is 0. The monoisotopic (exact) mass is 234 g/mol. The van der Waals surface area contributed by atoms with Crippen molar-refractivity contribution in [2.45, 2.75) is 13.0 Å². The van der Waals surface area contributed by atoms with Gasteiger partial charge in [-0.15, -0.1) is 0 Å². The predicted octanol–water partition coefficient (Wildman–Crippen LogP) is 3.01. The number of benzene rings is 1. The fraction of sp³-hybridized carbons (Fsp3) is 0.385. The highest BCUT2D eigenvalue weighted by molar-refractivity contribution is 7.98. The highest BCUT2D eigenvalue weighted by atomic mass is 32.2. The van der Waals surface area contributed by atoms with E-state index in [-0.39, 0.29) is 0 Å². The number of aromatic nitrogens is 1. The molecule has 0 amide bonds. The Morgan fingerprint density at radius 2 is 2.25 bits per heavy atom. The zero-order valence-electron chi connectivity index (χ0n) is 9.62. The molecule has 0 fully saturated rings. The number of aromatic amines is 1. The van der Waals surface area contributed by atoms with Gasteiger partial charge in [-0.25, -0.2) is 0 Å². The van der Waals surface area contributed by atoms with Crippen LogP contribution in [0.25, 0.3) is 10.9 Å². The van der Waals surface area contributed by atoms with Crippen LogP contribution in [0.1, 0.15) is 12.0 Å². The van der Waals surface area contributed by atoms with Crippen molar-refractivity contribution in [2.75, 3.05) is 18.6 Å². The predicted molar refractivity (Wildman–Crippen MR) is 73.0 cm³/mol. The molecule has 0 saturated heterocycles. The van der Waals surface area contributed by atoms with Gasteiger partial charge in [-0.1, -0.05) is 12.1 Å². The van der Waals surface area contributed by atoms with Crippen molar-refractivity contribution in [3.8, 4) is 0 Å². The molecule has 86 valence electrons. The minimum atomic E-state index is 0.962. The molecule has 0 unspecified atom stereocenters. The van der Waals surface area contributed by atoms with Crippen LogP contribution in [0.3, 0.4) is 0 Å². The van der Waals surface area contributed by atoms with Gasteiger partial charge in [0.2, 0.25) is 0 Å². The first-order chi connectivity index (χ1) is 7.90. The Morgan fingerprint density at radius 3 is 3.12 bits per heavy atom. The van der Waals surface area contributed by atoms with E-state index in [1.807, 2.05) is 18.0 Å². The van der Waals surface area contributed by atoms with Crippen LogP contribution in [0, 0.1) is 0 Å². The largest absolute Gasteiger partial charge is 0.361 e. The Hall–Kier alpha value is -0.930. The number of rotatable bonds is 6. The first kappa shape index (κ1) is 11.6. The Morgan fingerprint density at radius 1 is 1.31 bits per heavy atom. The van der Waals surface area contributed by atoms with Gasteiger partial charge in [-0.05, 0) is 48.1 Å². The van der Waals surface area contributed by atoms with Crippen LogP contribution >= 0.6 is 11.8 Å². The van der Waals surface area contributed by atoms with Crippen LogP contribution in [0.4, 0.5) is 0 Å². The van der Waals surface area contributed by atoms with Crippen LogP contribution in [-0.2, 0) is 6.54 Å². The number of hydrogen-bond acceptors (Lipinski definition) is 2. The summed E-state index contributed by atoms with van der Waals surface area (Å²) in [5.41, 5.74) is 2.57. The van der Waals surface area contributed by atoms with E-state index in [2.05, 4.69) is 40.8 Å². The summed E-state index contributed by atoms with van der Waals surface area (Å²) in [6.07, 6.45) is 5.38. The molecule has 2 nitrogen and oxygen atoms in total. The standard InChI is InChI=1S/C13H18N2S/c1-16-8-2-6-14-10-11-3-4-12-5-7-15-13(12)9-11/h3-5,7,9,14-15H,2,6,8,10H2,1H3. The van der Waals surface area contributed by atoms with Crippen LogP contribution in [0.5, 0.6) is 0 Å². The summed E-state index contributed by atoms with van der Waals surface area (Å²) in [6, 6.07) is 8.68. The Labute approximate surface area is 101 Å². The van der Waals surface area contributed by atoms with E-state index in [0.717, 1.165) is 13.1 Å². The summed E-state index contributed by atoms with van der Waals surface area (Å²) in [7, 11) is 0. The smallest absolute Gasteiger partial charge is 0.0457 e. The summed E-state index contributed by atoms with van der Waals surface area (Å²) in [5, 5.41) is 4.75. The van der Waals surface area contributed by atoms with Crippen LogP contribution in [0.2, 0.25) is 0 Å². The summed E-state index contributed by atoms with van der Waals surface area (Å²) in [6.45, 7) is 2.06. The van der Waals surface area contributed by atoms with Gasteiger partial charge < -0.3 is 10.3 Å². The Kier molecular flexibility index (Phi) is 4.31. The third-order valence-corrected chi connectivity index (χ3v) is 3.35. The molecular formula is C13H18N2S. The van der Waals surface area contributed by atoms with Crippen molar-refractivity contribution in [1.82, 2.24) is 10.3 Å². The Bertz CT molecular complexity index is 436. The molecule has 0 aliphatic heterocycles. The van der Waals surface area contributed by atoms with Crippen molar-refractivity contribution in [3.63, 3.8) is 0 Å². The average molecular weight is 234 g/mol. The maximum Gasteiger partial charge on any atom is 0.0457 e. The molecule has 0 saturated carbocycles. The van der Waals surface area contributed by atoms with Gasteiger partial charge in [0, 0.05) is 18.3 Å². The average Bonchev–Trinajstić information content (AvgIpc) is 2.76. The molecule has 2 aromatic rings. The first-order valence-corrected chi connectivity index (χ1v) is 7.05. The number of hydrogen-bond donors (Lipinski definition) is 2. The van der Waals surface area contributed by atoms with E-state index in [4.69, 9.17) is 0 Å². The molecule has 0 radical (unpaired) electrons. The van der Waals surface area contributed by atoms with E-state index >= 15 is 0 Å². The third kappa shape index (κ3) is 3.03. The first-order valence-electron chi connectivity index (χ1n) is 5.66. The molecule has 0 aliphatic carbocycles. The topological polar surface area (TPSA) is 27.8 Å². The van der Waals surface area contributed by atoms with Gasteiger partial charge in [0.25, 0.3) is 0 Å². The maximum absolute atomic E-state index is 3.47. The van der Waals surface area contributed by atoms with Gasteiger partial charge in [0.15, 0.2) is 0 Å². The fourth-order valence-electron chi connectivity index (χ4n) is 1.78. The molecule has 1 heterocycles. The molecule has 16 heavy (non-hydrogen) atoms. The molecule has 0 atom stereocenters. The number of fused-ring (bicyclic) bond motifs is 1. The van der Waals surface area contributed by atoms with Crippen LogP contribution in [-0.4, -0.2) is 23.5 Å². The Balaban J connectivity index is 1.84. The van der Waals surface area contributed by atoms with Gasteiger partial charge in [-0.2, -0.15) is 11.8 Å². The fourth-order valence-corrected chi connectivity index (χ4v) is 2.21. The second kappa shape index (κ2) is 5.97. The molecular weight excluding hydrogens is 216 g/mol. The lowest BCUT2D eigenvalue weighted by Gasteiger charge is -2.04. The SMILES string of the molecule is CSCCCNCc1ccc2cc[nH]c2c1. The summed E-state index contributed by atoms with van der Waals surface area (Å²) in [5.74, 6) is 1.24. The highest BCUT2D eigenvalue weighted by Gasteiger charge is 1.96. The van der Waals surface area contributed by atoms with E-state index in [1.165, 1.54) is 28.6 Å². The second-order valence-corrected chi connectivity index (χ2v) is 4.91. The highest BCUT2D eigenvalue weighted by Crippen LogP contribution is 2.13. The number of thioether (sulfide) groups is 1. The van der Waals surface area contributed by atoms with Crippen molar-refractivity contribution < 1.29 is 0 Å². The lowest BCUT2D eigenvalue weighted by molar-refractivity contribution is 0.679. The van der Waals surface area contributed by atoms with Gasteiger partial charge in [-0.3, -0.25) is 0 Å². The van der Waals surface area contributed by atoms with E-state index in [1.54, 1.807) is 0 Å². The second-order valence-electron chi connectivity index (χ2n) is 3.92. The molecule has 0 aliphatic rings. The lowest BCUT2D eigenvalue weighted by atomic mass is 10.1.